The van der Waals surface area contributed by atoms with Crippen molar-refractivity contribution in [3.8, 4) is 0 Å². The Morgan fingerprint density at radius 3 is 1.56 bits per heavy atom. The van der Waals surface area contributed by atoms with Crippen LogP contribution in [0.3, 0.4) is 0 Å². The highest BCUT2D eigenvalue weighted by molar-refractivity contribution is 5.96. The zero-order valence-electron chi connectivity index (χ0n) is 16.0. The highest BCUT2D eigenvalue weighted by Gasteiger charge is 2.25. The summed E-state index contributed by atoms with van der Waals surface area (Å²) in [7, 11) is 1.65. The minimum absolute atomic E-state index is 0.0124. The van der Waals surface area contributed by atoms with E-state index in [4.69, 9.17) is 4.74 Å². The number of rotatable bonds is 5. The van der Waals surface area contributed by atoms with E-state index in [1.54, 1.807) is 7.11 Å². The van der Waals surface area contributed by atoms with Crippen molar-refractivity contribution in [2.75, 3.05) is 33.3 Å². The van der Waals surface area contributed by atoms with Crippen molar-refractivity contribution in [2.45, 2.75) is 20.0 Å². The predicted octanol–water partition coefficient (Wildman–Crippen LogP) is 2.99. The van der Waals surface area contributed by atoms with Crippen LogP contribution in [0.25, 0.3) is 0 Å². The number of methoxy groups -OCH3 is 1. The fourth-order valence-electron chi connectivity index (χ4n) is 3.27. The van der Waals surface area contributed by atoms with Crippen LogP contribution in [0, 0.1) is 0 Å². The number of carbonyl (C=O) groups excluding carboxylic acids is 2. The van der Waals surface area contributed by atoms with Gasteiger partial charge in [0.25, 0.3) is 11.8 Å². The maximum absolute atomic E-state index is 12.7. The topological polar surface area (TPSA) is 49.9 Å². The van der Waals surface area contributed by atoms with Gasteiger partial charge >= 0.3 is 0 Å². The molecule has 0 N–H and O–H groups in total. The molecule has 1 saturated heterocycles. The van der Waals surface area contributed by atoms with Crippen molar-refractivity contribution in [3.63, 3.8) is 0 Å². The van der Waals surface area contributed by atoms with Crippen LogP contribution in [0.5, 0.6) is 0 Å². The van der Waals surface area contributed by atoms with E-state index >= 15 is 0 Å². The standard InChI is InChI=1S/C22H26N2O3/c1-3-17-4-8-19(9-5-17)21(25)23-12-14-24(15-13-23)22(26)20-10-6-18(7-11-20)16-27-2/h4-11H,3,12-16H2,1-2H3. The fraction of sp³-hybridized carbons (Fsp3) is 0.364. The summed E-state index contributed by atoms with van der Waals surface area (Å²) in [6.07, 6.45) is 0.960. The lowest BCUT2D eigenvalue weighted by atomic mass is 10.1. The third-order valence-corrected chi connectivity index (χ3v) is 4.98. The summed E-state index contributed by atoms with van der Waals surface area (Å²) in [5.74, 6) is 0.0482. The SMILES string of the molecule is CCc1ccc(C(=O)N2CCN(C(=O)c3ccc(COC)cc3)CC2)cc1. The maximum atomic E-state index is 12.7. The first-order valence-electron chi connectivity index (χ1n) is 9.37. The van der Waals surface area contributed by atoms with Crippen LogP contribution in [-0.4, -0.2) is 54.9 Å². The summed E-state index contributed by atoms with van der Waals surface area (Å²) in [4.78, 5) is 29.0. The molecule has 0 atom stereocenters. The van der Waals surface area contributed by atoms with Crippen LogP contribution in [0.15, 0.2) is 48.5 Å². The number of ether oxygens (including phenoxy) is 1. The normalized spacial score (nSPS) is 14.3. The van der Waals surface area contributed by atoms with E-state index in [-0.39, 0.29) is 11.8 Å². The van der Waals surface area contributed by atoms with Gasteiger partial charge in [0.15, 0.2) is 0 Å². The van der Waals surface area contributed by atoms with Gasteiger partial charge in [-0.2, -0.15) is 0 Å². The molecule has 1 fully saturated rings. The van der Waals surface area contributed by atoms with Crippen LogP contribution in [0.2, 0.25) is 0 Å². The maximum Gasteiger partial charge on any atom is 0.253 e. The molecule has 5 heteroatoms. The molecule has 0 aromatic heterocycles. The Balaban J connectivity index is 1.57. The van der Waals surface area contributed by atoms with Gasteiger partial charge in [0.1, 0.15) is 0 Å². The lowest BCUT2D eigenvalue weighted by Crippen LogP contribution is -2.50. The monoisotopic (exact) mass is 366 g/mol. The average Bonchev–Trinajstić information content (AvgIpc) is 2.74. The Bertz CT molecular complexity index is 776. The summed E-state index contributed by atoms with van der Waals surface area (Å²) < 4.78 is 5.10. The largest absolute Gasteiger partial charge is 0.380 e. The summed E-state index contributed by atoms with van der Waals surface area (Å²) in [5, 5.41) is 0. The van der Waals surface area contributed by atoms with Crippen LogP contribution >= 0.6 is 0 Å². The molecular formula is C22H26N2O3. The minimum Gasteiger partial charge on any atom is -0.380 e. The van der Waals surface area contributed by atoms with Crippen LogP contribution in [0.1, 0.15) is 38.8 Å². The Labute approximate surface area is 160 Å². The van der Waals surface area contributed by atoms with Gasteiger partial charge in [-0.15, -0.1) is 0 Å². The van der Waals surface area contributed by atoms with E-state index in [1.165, 1.54) is 5.56 Å². The van der Waals surface area contributed by atoms with Crippen molar-refractivity contribution in [1.82, 2.24) is 9.80 Å². The van der Waals surface area contributed by atoms with Crippen LogP contribution in [0.4, 0.5) is 0 Å². The number of carbonyl (C=O) groups is 2. The molecule has 0 radical (unpaired) electrons. The highest BCUT2D eigenvalue weighted by Crippen LogP contribution is 2.14. The van der Waals surface area contributed by atoms with Gasteiger partial charge in [-0.05, 0) is 41.8 Å². The summed E-state index contributed by atoms with van der Waals surface area (Å²) in [6, 6.07) is 15.3. The third kappa shape index (κ3) is 4.55. The molecule has 5 nitrogen and oxygen atoms in total. The number of aryl methyl sites for hydroxylation is 1. The second-order valence-electron chi connectivity index (χ2n) is 6.76. The molecule has 2 aromatic rings. The van der Waals surface area contributed by atoms with E-state index in [1.807, 2.05) is 58.3 Å². The number of hydrogen-bond acceptors (Lipinski definition) is 3. The van der Waals surface area contributed by atoms with Gasteiger partial charge in [0.05, 0.1) is 6.61 Å². The molecule has 0 unspecified atom stereocenters. The first kappa shape index (κ1) is 19.1. The molecular weight excluding hydrogens is 340 g/mol. The molecule has 0 spiro atoms. The van der Waals surface area contributed by atoms with Gasteiger partial charge in [0.2, 0.25) is 0 Å². The number of nitrogens with zero attached hydrogens (tertiary/aromatic N) is 2. The number of amides is 2. The van der Waals surface area contributed by atoms with Gasteiger partial charge < -0.3 is 14.5 Å². The fourth-order valence-corrected chi connectivity index (χ4v) is 3.27. The summed E-state index contributed by atoms with van der Waals surface area (Å²) >= 11 is 0. The Morgan fingerprint density at radius 1 is 0.778 bits per heavy atom. The molecule has 1 aliphatic rings. The molecule has 0 saturated carbocycles. The molecule has 0 bridgehead atoms. The van der Waals surface area contributed by atoms with Crippen molar-refractivity contribution >= 4 is 11.8 Å². The van der Waals surface area contributed by atoms with Crippen LogP contribution < -0.4 is 0 Å². The molecule has 3 rings (SSSR count). The quantitative estimate of drug-likeness (QED) is 0.817. The van der Waals surface area contributed by atoms with Crippen LogP contribution in [-0.2, 0) is 17.8 Å². The van der Waals surface area contributed by atoms with Crippen molar-refractivity contribution in [3.05, 3.63) is 70.8 Å². The second kappa shape index (κ2) is 8.82. The van der Waals surface area contributed by atoms with Gasteiger partial charge in [0, 0.05) is 44.4 Å². The number of piperazine rings is 1. The van der Waals surface area contributed by atoms with Gasteiger partial charge in [-0.25, -0.2) is 0 Å². The minimum atomic E-state index is 0.0124. The van der Waals surface area contributed by atoms with E-state index in [0.29, 0.717) is 43.9 Å². The second-order valence-corrected chi connectivity index (χ2v) is 6.76. The smallest absolute Gasteiger partial charge is 0.253 e. The molecule has 0 aliphatic carbocycles. The number of hydrogen-bond donors (Lipinski definition) is 0. The van der Waals surface area contributed by atoms with E-state index in [9.17, 15) is 9.59 Å². The Hall–Kier alpha value is -2.66. The van der Waals surface area contributed by atoms with E-state index in [0.717, 1.165) is 12.0 Å². The van der Waals surface area contributed by atoms with Gasteiger partial charge in [-0.3, -0.25) is 9.59 Å². The lowest BCUT2D eigenvalue weighted by Gasteiger charge is -2.35. The van der Waals surface area contributed by atoms with E-state index in [2.05, 4.69) is 6.92 Å². The molecule has 142 valence electrons. The predicted molar refractivity (Wildman–Crippen MR) is 105 cm³/mol. The molecule has 2 amide bonds. The zero-order valence-corrected chi connectivity index (χ0v) is 16.0. The Morgan fingerprint density at radius 2 is 1.19 bits per heavy atom. The number of benzene rings is 2. The summed E-state index contributed by atoms with van der Waals surface area (Å²) in [5.41, 5.74) is 3.64. The molecule has 1 heterocycles. The summed E-state index contributed by atoms with van der Waals surface area (Å²) in [6.45, 7) is 4.85. The first-order chi connectivity index (χ1) is 13.1. The average molecular weight is 366 g/mol. The molecule has 27 heavy (non-hydrogen) atoms. The highest BCUT2D eigenvalue weighted by atomic mass is 16.5. The van der Waals surface area contributed by atoms with Gasteiger partial charge in [-0.1, -0.05) is 31.2 Å². The van der Waals surface area contributed by atoms with Crippen molar-refractivity contribution in [2.24, 2.45) is 0 Å². The van der Waals surface area contributed by atoms with Crippen molar-refractivity contribution < 1.29 is 14.3 Å². The third-order valence-electron chi connectivity index (χ3n) is 4.98. The zero-order chi connectivity index (χ0) is 19.2. The molecule has 1 aliphatic heterocycles. The van der Waals surface area contributed by atoms with Crippen molar-refractivity contribution in [1.29, 1.82) is 0 Å². The van der Waals surface area contributed by atoms with E-state index < -0.39 is 0 Å². The Kier molecular flexibility index (Phi) is 6.24. The first-order valence-corrected chi connectivity index (χ1v) is 9.37. The molecule has 2 aromatic carbocycles. The lowest BCUT2D eigenvalue weighted by molar-refractivity contribution is 0.0535.